The van der Waals surface area contributed by atoms with Crippen LogP contribution in [-0.4, -0.2) is 31.0 Å². The van der Waals surface area contributed by atoms with Gasteiger partial charge >= 0.3 is 0 Å². The Morgan fingerprint density at radius 2 is 1.83 bits per heavy atom. The highest BCUT2D eigenvalue weighted by molar-refractivity contribution is 5.92. The molecule has 0 fully saturated rings. The van der Waals surface area contributed by atoms with Gasteiger partial charge in [0.05, 0.1) is 13.7 Å². The van der Waals surface area contributed by atoms with Crippen LogP contribution in [0.4, 0.5) is 5.69 Å². The van der Waals surface area contributed by atoms with Gasteiger partial charge in [0, 0.05) is 17.8 Å². The maximum atomic E-state index is 12.4. The van der Waals surface area contributed by atoms with Crippen LogP contribution in [0, 0.1) is 6.92 Å². The van der Waals surface area contributed by atoms with Gasteiger partial charge in [0.15, 0.2) is 0 Å². The van der Waals surface area contributed by atoms with Gasteiger partial charge in [0.1, 0.15) is 5.75 Å². The van der Waals surface area contributed by atoms with Crippen molar-refractivity contribution in [2.45, 2.75) is 26.8 Å². The molecule has 0 radical (unpaired) electrons. The van der Waals surface area contributed by atoms with Crippen LogP contribution in [0.2, 0.25) is 0 Å². The van der Waals surface area contributed by atoms with Gasteiger partial charge in [-0.1, -0.05) is 43.3 Å². The molecule has 24 heavy (non-hydrogen) atoms. The van der Waals surface area contributed by atoms with Gasteiger partial charge < -0.3 is 10.1 Å². The molecule has 0 bridgehead atoms. The van der Waals surface area contributed by atoms with Crippen molar-refractivity contribution < 1.29 is 9.53 Å². The van der Waals surface area contributed by atoms with Crippen molar-refractivity contribution in [3.63, 3.8) is 0 Å². The first-order valence-corrected chi connectivity index (χ1v) is 8.33. The molecule has 128 valence electrons. The summed E-state index contributed by atoms with van der Waals surface area (Å²) in [5, 5.41) is 3.00. The molecule has 0 saturated heterocycles. The van der Waals surface area contributed by atoms with Crippen LogP contribution in [0.3, 0.4) is 0 Å². The SMILES string of the molecule is CCCN(CC(=O)Nc1ccccc1C)Cc1ccccc1OC. The Kier molecular flexibility index (Phi) is 6.82. The third-order valence-electron chi connectivity index (χ3n) is 3.91. The van der Waals surface area contributed by atoms with Crippen molar-refractivity contribution in [2.24, 2.45) is 0 Å². The van der Waals surface area contributed by atoms with E-state index in [1.165, 1.54) is 0 Å². The number of nitrogens with one attached hydrogen (secondary N) is 1. The van der Waals surface area contributed by atoms with E-state index >= 15 is 0 Å². The van der Waals surface area contributed by atoms with E-state index in [4.69, 9.17) is 4.74 Å². The Morgan fingerprint density at radius 1 is 1.12 bits per heavy atom. The maximum absolute atomic E-state index is 12.4. The number of hydrogen-bond acceptors (Lipinski definition) is 3. The zero-order valence-electron chi connectivity index (χ0n) is 14.7. The summed E-state index contributed by atoms with van der Waals surface area (Å²) in [5.41, 5.74) is 3.03. The normalized spacial score (nSPS) is 10.7. The van der Waals surface area contributed by atoms with Crippen molar-refractivity contribution in [3.8, 4) is 5.75 Å². The van der Waals surface area contributed by atoms with E-state index in [9.17, 15) is 4.79 Å². The minimum atomic E-state index is 0.00708. The van der Waals surface area contributed by atoms with Crippen molar-refractivity contribution in [1.82, 2.24) is 4.90 Å². The van der Waals surface area contributed by atoms with Gasteiger partial charge in [-0.3, -0.25) is 9.69 Å². The van der Waals surface area contributed by atoms with E-state index in [-0.39, 0.29) is 5.91 Å². The fraction of sp³-hybridized carbons (Fsp3) is 0.350. The topological polar surface area (TPSA) is 41.6 Å². The predicted octanol–water partition coefficient (Wildman–Crippen LogP) is 3.85. The molecule has 4 nitrogen and oxygen atoms in total. The number of amides is 1. The lowest BCUT2D eigenvalue weighted by molar-refractivity contribution is -0.117. The van der Waals surface area contributed by atoms with Gasteiger partial charge in [-0.15, -0.1) is 0 Å². The summed E-state index contributed by atoms with van der Waals surface area (Å²) in [6.45, 7) is 6.03. The van der Waals surface area contributed by atoms with Crippen LogP contribution in [-0.2, 0) is 11.3 Å². The number of ether oxygens (including phenoxy) is 1. The zero-order chi connectivity index (χ0) is 17.4. The number of rotatable bonds is 8. The predicted molar refractivity (Wildman–Crippen MR) is 98.4 cm³/mol. The lowest BCUT2D eigenvalue weighted by Gasteiger charge is -2.22. The molecular formula is C20H26N2O2. The summed E-state index contributed by atoms with van der Waals surface area (Å²) >= 11 is 0. The molecule has 0 aromatic heterocycles. The van der Waals surface area contributed by atoms with Crippen LogP contribution in [0.25, 0.3) is 0 Å². The van der Waals surface area contributed by atoms with Crippen molar-refractivity contribution in [3.05, 3.63) is 59.7 Å². The smallest absolute Gasteiger partial charge is 0.238 e. The van der Waals surface area contributed by atoms with Gasteiger partial charge in [-0.25, -0.2) is 0 Å². The molecule has 2 aromatic carbocycles. The van der Waals surface area contributed by atoms with Crippen LogP contribution in [0.1, 0.15) is 24.5 Å². The van der Waals surface area contributed by atoms with Gasteiger partial charge in [-0.2, -0.15) is 0 Å². The Bertz CT molecular complexity index is 670. The van der Waals surface area contributed by atoms with Crippen LogP contribution in [0.5, 0.6) is 5.75 Å². The second kappa shape index (κ2) is 9.08. The molecule has 0 aliphatic heterocycles. The lowest BCUT2D eigenvalue weighted by Crippen LogP contribution is -2.33. The Balaban J connectivity index is 2.02. The van der Waals surface area contributed by atoms with Gasteiger partial charge in [-0.05, 0) is 37.6 Å². The number of carbonyl (C=O) groups excluding carboxylic acids is 1. The largest absolute Gasteiger partial charge is 0.496 e. The van der Waals surface area contributed by atoms with Crippen molar-refractivity contribution in [1.29, 1.82) is 0 Å². The summed E-state index contributed by atoms with van der Waals surface area (Å²) in [4.78, 5) is 14.6. The molecular weight excluding hydrogens is 300 g/mol. The molecule has 0 saturated carbocycles. The third-order valence-corrected chi connectivity index (χ3v) is 3.91. The number of para-hydroxylation sites is 2. The number of aryl methyl sites for hydroxylation is 1. The molecule has 2 rings (SSSR count). The molecule has 0 unspecified atom stereocenters. The molecule has 1 N–H and O–H groups in total. The fourth-order valence-electron chi connectivity index (χ4n) is 2.71. The quantitative estimate of drug-likeness (QED) is 0.801. The highest BCUT2D eigenvalue weighted by atomic mass is 16.5. The van der Waals surface area contributed by atoms with Crippen LogP contribution < -0.4 is 10.1 Å². The molecule has 4 heteroatoms. The van der Waals surface area contributed by atoms with E-state index in [0.717, 1.165) is 35.5 Å². The van der Waals surface area contributed by atoms with E-state index in [0.29, 0.717) is 13.1 Å². The minimum absolute atomic E-state index is 0.00708. The van der Waals surface area contributed by atoms with E-state index in [1.54, 1.807) is 7.11 Å². The number of hydrogen-bond donors (Lipinski definition) is 1. The lowest BCUT2D eigenvalue weighted by atomic mass is 10.1. The van der Waals surface area contributed by atoms with E-state index < -0.39 is 0 Å². The Hall–Kier alpha value is -2.33. The summed E-state index contributed by atoms with van der Waals surface area (Å²) in [6, 6.07) is 15.8. The standard InChI is InChI=1S/C20H26N2O2/c1-4-13-22(14-17-10-6-8-12-19(17)24-3)15-20(23)21-18-11-7-5-9-16(18)2/h5-12H,4,13-15H2,1-3H3,(H,21,23). The number of methoxy groups -OCH3 is 1. The second-order valence-electron chi connectivity index (χ2n) is 5.89. The van der Waals surface area contributed by atoms with Crippen molar-refractivity contribution >= 4 is 11.6 Å². The maximum Gasteiger partial charge on any atom is 0.238 e. The van der Waals surface area contributed by atoms with Crippen molar-refractivity contribution in [2.75, 3.05) is 25.5 Å². The van der Waals surface area contributed by atoms with E-state index in [2.05, 4.69) is 17.1 Å². The number of nitrogens with zero attached hydrogens (tertiary/aromatic N) is 1. The third kappa shape index (κ3) is 5.10. The first kappa shape index (κ1) is 18.0. The highest BCUT2D eigenvalue weighted by Gasteiger charge is 2.13. The average Bonchev–Trinajstić information content (AvgIpc) is 2.57. The average molecular weight is 326 g/mol. The summed E-state index contributed by atoms with van der Waals surface area (Å²) in [5.74, 6) is 0.866. The van der Waals surface area contributed by atoms with E-state index in [1.807, 2.05) is 55.5 Å². The number of anilines is 1. The fourth-order valence-corrected chi connectivity index (χ4v) is 2.71. The molecule has 0 aliphatic carbocycles. The number of carbonyl (C=O) groups is 1. The minimum Gasteiger partial charge on any atom is -0.496 e. The molecule has 0 aliphatic rings. The second-order valence-corrected chi connectivity index (χ2v) is 5.89. The van der Waals surface area contributed by atoms with Crippen LogP contribution >= 0.6 is 0 Å². The molecule has 0 spiro atoms. The molecule has 0 heterocycles. The molecule has 1 amide bonds. The van der Waals surface area contributed by atoms with Gasteiger partial charge in [0.25, 0.3) is 0 Å². The first-order valence-electron chi connectivity index (χ1n) is 8.33. The molecule has 2 aromatic rings. The zero-order valence-corrected chi connectivity index (χ0v) is 14.7. The summed E-state index contributed by atoms with van der Waals surface area (Å²) in [6.07, 6.45) is 0.993. The molecule has 0 atom stereocenters. The monoisotopic (exact) mass is 326 g/mol. The Labute approximate surface area is 144 Å². The highest BCUT2D eigenvalue weighted by Crippen LogP contribution is 2.19. The first-order chi connectivity index (χ1) is 11.6. The summed E-state index contributed by atoms with van der Waals surface area (Å²) < 4.78 is 5.41. The number of benzene rings is 2. The van der Waals surface area contributed by atoms with Gasteiger partial charge in [0.2, 0.25) is 5.91 Å². The summed E-state index contributed by atoms with van der Waals surface area (Å²) in [7, 11) is 1.67. The van der Waals surface area contributed by atoms with Crippen LogP contribution in [0.15, 0.2) is 48.5 Å². The Morgan fingerprint density at radius 3 is 2.54 bits per heavy atom.